The number of hydrogen-bond donors (Lipinski definition) is 3. The minimum Gasteiger partial charge on any atom is -0.357 e. The largest absolute Gasteiger partial charge is 0.357 e. The zero-order chi connectivity index (χ0) is 12.5. The molecule has 0 bridgehead atoms. The molecule has 0 unspecified atom stereocenters. The monoisotopic (exact) mass is 242 g/mol. The lowest BCUT2D eigenvalue weighted by atomic mass is 10.3. The second kappa shape index (κ2) is 8.03. The molecule has 6 heteroatoms. The van der Waals surface area contributed by atoms with E-state index in [1.807, 2.05) is 0 Å². The van der Waals surface area contributed by atoms with Gasteiger partial charge in [0.25, 0.3) is 0 Å². The number of nitrogens with zero attached hydrogens (tertiary/aromatic N) is 2. The van der Waals surface area contributed by atoms with E-state index in [2.05, 4.69) is 22.1 Å². The van der Waals surface area contributed by atoms with Gasteiger partial charge in [0.2, 0.25) is 5.91 Å². The number of aliphatic imine (C=N–C) groups is 1. The predicted molar refractivity (Wildman–Crippen MR) is 66.2 cm³/mol. The molecular formula is C11H22N4O2. The Labute approximate surface area is 102 Å². The van der Waals surface area contributed by atoms with Gasteiger partial charge in [-0.3, -0.25) is 15.0 Å². The summed E-state index contributed by atoms with van der Waals surface area (Å²) in [5, 5.41) is 11.5. The maximum atomic E-state index is 10.7. The Bertz CT molecular complexity index is 268. The molecule has 17 heavy (non-hydrogen) atoms. The number of hydroxylamine groups is 1. The third-order valence-electron chi connectivity index (χ3n) is 2.71. The summed E-state index contributed by atoms with van der Waals surface area (Å²) < 4.78 is 0. The number of hydrogen-bond acceptors (Lipinski definition) is 5. The Hall–Kier alpha value is -1.14. The summed E-state index contributed by atoms with van der Waals surface area (Å²) in [6, 6.07) is 0. The van der Waals surface area contributed by atoms with Crippen LogP contribution < -0.4 is 10.8 Å². The van der Waals surface area contributed by atoms with E-state index in [0.29, 0.717) is 13.0 Å². The lowest BCUT2D eigenvalue weighted by molar-refractivity contribution is -0.129. The van der Waals surface area contributed by atoms with E-state index in [9.17, 15) is 4.79 Å². The molecule has 1 amide bonds. The normalized spacial score (nSPS) is 14.9. The highest BCUT2D eigenvalue weighted by molar-refractivity contribution is 5.83. The van der Waals surface area contributed by atoms with Crippen LogP contribution in [0.3, 0.4) is 0 Å². The number of carbonyl (C=O) groups is 1. The van der Waals surface area contributed by atoms with Gasteiger partial charge < -0.3 is 10.2 Å². The van der Waals surface area contributed by atoms with Gasteiger partial charge in [0.15, 0.2) is 0 Å². The van der Waals surface area contributed by atoms with Gasteiger partial charge in [-0.15, -0.1) is 0 Å². The van der Waals surface area contributed by atoms with Gasteiger partial charge in [0.05, 0.1) is 12.4 Å². The van der Waals surface area contributed by atoms with Crippen molar-refractivity contribution in [2.45, 2.75) is 26.2 Å². The van der Waals surface area contributed by atoms with Gasteiger partial charge in [0.1, 0.15) is 0 Å². The molecular weight excluding hydrogens is 220 g/mol. The fraction of sp³-hybridized carbons (Fsp3) is 0.818. The molecule has 0 aliphatic carbocycles. The zero-order valence-corrected chi connectivity index (χ0v) is 10.4. The Morgan fingerprint density at radius 3 is 3.06 bits per heavy atom. The fourth-order valence-electron chi connectivity index (χ4n) is 1.83. The molecule has 0 saturated heterocycles. The molecule has 98 valence electrons. The first-order valence-corrected chi connectivity index (χ1v) is 6.19. The van der Waals surface area contributed by atoms with Crippen LogP contribution in [-0.2, 0) is 4.79 Å². The van der Waals surface area contributed by atoms with Crippen LogP contribution in [0.15, 0.2) is 4.99 Å². The first-order valence-electron chi connectivity index (χ1n) is 6.19. The molecule has 1 aliphatic rings. The SMILES string of the molecule is CCCC1=NCCN1CCNCCC(=O)NO. The van der Waals surface area contributed by atoms with Crippen molar-refractivity contribution in [3.05, 3.63) is 0 Å². The van der Waals surface area contributed by atoms with Crippen molar-refractivity contribution in [3.63, 3.8) is 0 Å². The Kier molecular flexibility index (Phi) is 6.57. The van der Waals surface area contributed by atoms with Crippen LogP contribution in [0.25, 0.3) is 0 Å². The maximum absolute atomic E-state index is 10.7. The van der Waals surface area contributed by atoms with E-state index >= 15 is 0 Å². The third-order valence-corrected chi connectivity index (χ3v) is 2.71. The molecule has 0 fully saturated rings. The van der Waals surface area contributed by atoms with Gasteiger partial charge in [-0.1, -0.05) is 6.92 Å². The van der Waals surface area contributed by atoms with Crippen molar-refractivity contribution in [2.24, 2.45) is 4.99 Å². The molecule has 0 spiro atoms. The van der Waals surface area contributed by atoms with E-state index in [-0.39, 0.29) is 5.91 Å². The summed E-state index contributed by atoms with van der Waals surface area (Å²) in [5.41, 5.74) is 1.61. The molecule has 1 aliphatic heterocycles. The van der Waals surface area contributed by atoms with Crippen LogP contribution >= 0.6 is 0 Å². The minimum atomic E-state index is -0.355. The van der Waals surface area contributed by atoms with Gasteiger partial charge >= 0.3 is 0 Å². The topological polar surface area (TPSA) is 77.0 Å². The fourth-order valence-corrected chi connectivity index (χ4v) is 1.83. The standard InChI is InChI=1S/C11H22N4O2/c1-2-3-10-13-7-9-15(10)8-6-12-5-4-11(16)14-17/h12,17H,2-9H2,1H3,(H,14,16). The van der Waals surface area contributed by atoms with Crippen LogP contribution in [-0.4, -0.2) is 54.6 Å². The highest BCUT2D eigenvalue weighted by Gasteiger charge is 2.14. The number of rotatable bonds is 8. The average molecular weight is 242 g/mol. The smallest absolute Gasteiger partial charge is 0.244 e. The van der Waals surface area contributed by atoms with Crippen molar-refractivity contribution in [2.75, 3.05) is 32.7 Å². The van der Waals surface area contributed by atoms with E-state index in [4.69, 9.17) is 5.21 Å². The molecule has 1 rings (SSSR count). The molecule has 0 radical (unpaired) electrons. The summed E-state index contributed by atoms with van der Waals surface area (Å²) in [6.45, 7) is 6.42. The van der Waals surface area contributed by atoms with Gasteiger partial charge in [-0.2, -0.15) is 0 Å². The molecule has 6 nitrogen and oxygen atoms in total. The van der Waals surface area contributed by atoms with E-state index in [1.54, 1.807) is 5.48 Å². The lowest BCUT2D eigenvalue weighted by Gasteiger charge is -2.20. The summed E-state index contributed by atoms with van der Waals surface area (Å²) in [4.78, 5) is 17.5. The number of amides is 1. The first kappa shape index (κ1) is 13.9. The second-order valence-corrected chi connectivity index (χ2v) is 4.07. The Balaban J connectivity index is 2.06. The van der Waals surface area contributed by atoms with Crippen LogP contribution in [0.5, 0.6) is 0 Å². The van der Waals surface area contributed by atoms with Crippen LogP contribution in [0.1, 0.15) is 26.2 Å². The summed E-state index contributed by atoms with van der Waals surface area (Å²) in [7, 11) is 0. The summed E-state index contributed by atoms with van der Waals surface area (Å²) in [6.07, 6.45) is 2.47. The number of carbonyl (C=O) groups excluding carboxylic acids is 1. The zero-order valence-electron chi connectivity index (χ0n) is 10.4. The average Bonchev–Trinajstić information content (AvgIpc) is 2.76. The van der Waals surface area contributed by atoms with Crippen molar-refractivity contribution >= 4 is 11.7 Å². The van der Waals surface area contributed by atoms with Gasteiger partial charge in [-0.25, -0.2) is 5.48 Å². The van der Waals surface area contributed by atoms with Crippen molar-refractivity contribution in [1.29, 1.82) is 0 Å². The molecule has 3 N–H and O–H groups in total. The predicted octanol–water partition coefficient (Wildman–Crippen LogP) is -0.0143. The first-order chi connectivity index (χ1) is 8.27. The minimum absolute atomic E-state index is 0.298. The molecule has 1 heterocycles. The van der Waals surface area contributed by atoms with Gasteiger partial charge in [0, 0.05) is 39.0 Å². The molecule has 0 aromatic heterocycles. The second-order valence-electron chi connectivity index (χ2n) is 4.07. The van der Waals surface area contributed by atoms with Gasteiger partial charge in [-0.05, 0) is 6.42 Å². The van der Waals surface area contributed by atoms with Crippen molar-refractivity contribution < 1.29 is 10.0 Å². The van der Waals surface area contributed by atoms with E-state index in [0.717, 1.165) is 39.0 Å². The third kappa shape index (κ3) is 5.14. The summed E-state index contributed by atoms with van der Waals surface area (Å²) in [5.74, 6) is 0.856. The molecule has 0 atom stereocenters. The molecule has 0 saturated carbocycles. The van der Waals surface area contributed by atoms with Crippen LogP contribution in [0.4, 0.5) is 0 Å². The Morgan fingerprint density at radius 2 is 2.35 bits per heavy atom. The van der Waals surface area contributed by atoms with E-state index in [1.165, 1.54) is 5.84 Å². The van der Waals surface area contributed by atoms with Crippen molar-refractivity contribution in [3.8, 4) is 0 Å². The number of amidine groups is 1. The quantitative estimate of drug-likeness (QED) is 0.318. The molecule has 0 aromatic rings. The maximum Gasteiger partial charge on any atom is 0.244 e. The Morgan fingerprint density at radius 1 is 1.53 bits per heavy atom. The van der Waals surface area contributed by atoms with Crippen LogP contribution in [0, 0.1) is 0 Å². The highest BCUT2D eigenvalue weighted by Crippen LogP contribution is 2.05. The lowest BCUT2D eigenvalue weighted by Crippen LogP contribution is -2.35. The van der Waals surface area contributed by atoms with Crippen LogP contribution in [0.2, 0.25) is 0 Å². The summed E-state index contributed by atoms with van der Waals surface area (Å²) >= 11 is 0. The number of nitrogens with one attached hydrogen (secondary N) is 2. The highest BCUT2D eigenvalue weighted by atomic mass is 16.5. The van der Waals surface area contributed by atoms with E-state index < -0.39 is 0 Å². The molecule has 0 aromatic carbocycles. The van der Waals surface area contributed by atoms with Crippen molar-refractivity contribution in [1.82, 2.24) is 15.7 Å².